The quantitative estimate of drug-likeness (QED) is 0.513. The number of fused-ring (bicyclic) bond motifs is 3. The number of ether oxygens (including phenoxy) is 1. The van der Waals surface area contributed by atoms with Crippen molar-refractivity contribution >= 4 is 6.09 Å². The van der Waals surface area contributed by atoms with Gasteiger partial charge < -0.3 is 20.3 Å². The SMILES string of the molecule is O=C(NCCC(O)C(O)c1c(F)cccc1F)OCC1c2ccccc2-c2ccccc21. The molecule has 0 aliphatic heterocycles. The minimum Gasteiger partial charge on any atom is -0.449 e. The molecule has 166 valence electrons. The predicted octanol–water partition coefficient (Wildman–Crippen LogP) is 4.29. The highest BCUT2D eigenvalue weighted by atomic mass is 19.1. The molecule has 3 aromatic rings. The number of halogens is 2. The zero-order valence-electron chi connectivity index (χ0n) is 17.2. The lowest BCUT2D eigenvalue weighted by Crippen LogP contribution is -2.31. The summed E-state index contributed by atoms with van der Waals surface area (Å²) in [6.07, 6.45) is -4.00. The molecule has 0 saturated heterocycles. The van der Waals surface area contributed by atoms with Crippen molar-refractivity contribution in [3.8, 4) is 11.1 Å². The van der Waals surface area contributed by atoms with Crippen LogP contribution in [0.3, 0.4) is 0 Å². The number of carbonyl (C=O) groups is 1. The Labute approximate surface area is 184 Å². The third-order valence-corrected chi connectivity index (χ3v) is 5.71. The van der Waals surface area contributed by atoms with Crippen LogP contribution in [0.5, 0.6) is 0 Å². The number of aliphatic hydroxyl groups is 2. The van der Waals surface area contributed by atoms with E-state index >= 15 is 0 Å². The molecule has 5 nitrogen and oxygen atoms in total. The fraction of sp³-hybridized carbons (Fsp3) is 0.240. The summed E-state index contributed by atoms with van der Waals surface area (Å²) in [4.78, 5) is 12.2. The van der Waals surface area contributed by atoms with Gasteiger partial charge in [0.25, 0.3) is 0 Å². The Morgan fingerprint density at radius 2 is 1.47 bits per heavy atom. The molecule has 3 N–H and O–H groups in total. The number of amides is 1. The summed E-state index contributed by atoms with van der Waals surface area (Å²) in [5, 5.41) is 22.7. The molecule has 0 aromatic heterocycles. The molecule has 7 heteroatoms. The maximum Gasteiger partial charge on any atom is 0.407 e. The van der Waals surface area contributed by atoms with Gasteiger partial charge in [-0.2, -0.15) is 0 Å². The summed E-state index contributed by atoms with van der Waals surface area (Å²) >= 11 is 0. The Morgan fingerprint density at radius 3 is 2.06 bits per heavy atom. The fourth-order valence-corrected chi connectivity index (χ4v) is 4.12. The van der Waals surface area contributed by atoms with Crippen molar-refractivity contribution in [2.24, 2.45) is 0 Å². The van der Waals surface area contributed by atoms with E-state index in [0.717, 1.165) is 34.4 Å². The van der Waals surface area contributed by atoms with Crippen LogP contribution in [0.2, 0.25) is 0 Å². The van der Waals surface area contributed by atoms with Gasteiger partial charge in [0.1, 0.15) is 24.3 Å². The summed E-state index contributed by atoms with van der Waals surface area (Å²) in [5.41, 5.74) is 3.82. The number of hydrogen-bond donors (Lipinski definition) is 3. The first-order chi connectivity index (χ1) is 15.5. The van der Waals surface area contributed by atoms with Gasteiger partial charge >= 0.3 is 6.09 Å². The molecular formula is C25H23F2NO4. The molecule has 2 atom stereocenters. The van der Waals surface area contributed by atoms with E-state index in [1.165, 1.54) is 6.07 Å². The average Bonchev–Trinajstić information content (AvgIpc) is 3.11. The van der Waals surface area contributed by atoms with Crippen LogP contribution < -0.4 is 5.32 Å². The summed E-state index contributed by atoms with van der Waals surface area (Å²) < 4.78 is 32.9. The standard InChI is InChI=1S/C25H23F2NO4/c26-20-10-5-11-21(27)23(20)24(30)22(29)12-13-28-25(31)32-14-19-17-8-3-1-6-15(17)16-7-2-4-9-18(16)19/h1-11,19,22,24,29-30H,12-14H2,(H,28,31). The number of aliphatic hydroxyl groups excluding tert-OH is 2. The molecular weight excluding hydrogens is 416 g/mol. The van der Waals surface area contributed by atoms with Crippen molar-refractivity contribution in [3.05, 3.63) is 95.1 Å². The van der Waals surface area contributed by atoms with Gasteiger partial charge in [-0.15, -0.1) is 0 Å². The molecule has 0 heterocycles. The van der Waals surface area contributed by atoms with Crippen LogP contribution >= 0.6 is 0 Å². The van der Waals surface area contributed by atoms with Gasteiger partial charge in [0, 0.05) is 12.5 Å². The first kappa shape index (κ1) is 21.9. The van der Waals surface area contributed by atoms with Crippen molar-refractivity contribution in [2.45, 2.75) is 24.5 Å². The van der Waals surface area contributed by atoms with E-state index in [9.17, 15) is 23.8 Å². The highest BCUT2D eigenvalue weighted by molar-refractivity contribution is 5.79. The van der Waals surface area contributed by atoms with E-state index < -0.39 is 35.5 Å². The highest BCUT2D eigenvalue weighted by Gasteiger charge is 2.29. The molecule has 0 radical (unpaired) electrons. The lowest BCUT2D eigenvalue weighted by molar-refractivity contribution is 0.00947. The predicted molar refractivity (Wildman–Crippen MR) is 115 cm³/mol. The number of alkyl carbamates (subject to hydrolysis) is 1. The molecule has 1 aliphatic rings. The molecule has 1 aliphatic carbocycles. The Hall–Kier alpha value is -3.29. The molecule has 0 bridgehead atoms. The van der Waals surface area contributed by atoms with Crippen LogP contribution in [0.4, 0.5) is 13.6 Å². The lowest BCUT2D eigenvalue weighted by atomic mass is 9.98. The van der Waals surface area contributed by atoms with E-state index in [2.05, 4.69) is 5.32 Å². The summed E-state index contributed by atoms with van der Waals surface area (Å²) in [6, 6.07) is 19.1. The van der Waals surface area contributed by atoms with Crippen LogP contribution in [0.1, 0.15) is 35.1 Å². The maximum atomic E-state index is 13.8. The van der Waals surface area contributed by atoms with Gasteiger partial charge in [-0.25, -0.2) is 13.6 Å². The Bertz CT molecular complexity index is 1050. The number of carbonyl (C=O) groups excluding carboxylic acids is 1. The monoisotopic (exact) mass is 439 g/mol. The van der Waals surface area contributed by atoms with Gasteiger partial charge in [0.15, 0.2) is 0 Å². The Morgan fingerprint density at radius 1 is 0.906 bits per heavy atom. The Kier molecular flexibility index (Phi) is 6.48. The van der Waals surface area contributed by atoms with E-state index in [1.54, 1.807) is 0 Å². The zero-order valence-corrected chi connectivity index (χ0v) is 17.2. The van der Waals surface area contributed by atoms with E-state index in [1.807, 2.05) is 48.5 Å². The second-order valence-corrected chi connectivity index (χ2v) is 7.69. The summed E-state index contributed by atoms with van der Waals surface area (Å²) in [6.45, 7) is 0.108. The van der Waals surface area contributed by atoms with Crippen LogP contribution in [0, 0.1) is 11.6 Å². The van der Waals surface area contributed by atoms with Crippen LogP contribution in [-0.4, -0.2) is 35.6 Å². The minimum atomic E-state index is -1.75. The van der Waals surface area contributed by atoms with Crippen molar-refractivity contribution in [3.63, 3.8) is 0 Å². The molecule has 4 rings (SSSR count). The van der Waals surface area contributed by atoms with Gasteiger partial charge in [-0.1, -0.05) is 54.6 Å². The zero-order chi connectivity index (χ0) is 22.7. The second kappa shape index (κ2) is 9.46. The van der Waals surface area contributed by atoms with Gasteiger partial charge in [-0.3, -0.25) is 0 Å². The van der Waals surface area contributed by atoms with Crippen molar-refractivity contribution in [1.29, 1.82) is 0 Å². The molecule has 0 spiro atoms. The third-order valence-electron chi connectivity index (χ3n) is 5.71. The van der Waals surface area contributed by atoms with Gasteiger partial charge in [-0.05, 0) is 40.8 Å². The van der Waals surface area contributed by atoms with E-state index in [-0.39, 0.29) is 25.5 Å². The highest BCUT2D eigenvalue weighted by Crippen LogP contribution is 2.44. The molecule has 1 amide bonds. The first-order valence-electron chi connectivity index (χ1n) is 10.4. The van der Waals surface area contributed by atoms with Gasteiger partial charge in [0.2, 0.25) is 0 Å². The van der Waals surface area contributed by atoms with Gasteiger partial charge in [0.05, 0.1) is 11.7 Å². The van der Waals surface area contributed by atoms with Crippen molar-refractivity contribution < 1.29 is 28.5 Å². The number of rotatable bonds is 7. The first-order valence-corrected chi connectivity index (χ1v) is 10.4. The minimum absolute atomic E-state index is 0.0367. The summed E-state index contributed by atoms with van der Waals surface area (Å²) in [5.74, 6) is -1.97. The van der Waals surface area contributed by atoms with Crippen molar-refractivity contribution in [2.75, 3.05) is 13.2 Å². The van der Waals surface area contributed by atoms with Crippen LogP contribution in [-0.2, 0) is 4.74 Å². The Balaban J connectivity index is 1.30. The molecule has 3 aromatic carbocycles. The fourth-order valence-electron chi connectivity index (χ4n) is 4.12. The van der Waals surface area contributed by atoms with E-state index in [0.29, 0.717) is 0 Å². The smallest absolute Gasteiger partial charge is 0.407 e. The summed E-state index contributed by atoms with van der Waals surface area (Å²) in [7, 11) is 0. The molecule has 0 fully saturated rings. The number of hydrogen-bond acceptors (Lipinski definition) is 4. The topological polar surface area (TPSA) is 78.8 Å². The maximum absolute atomic E-state index is 13.8. The molecule has 32 heavy (non-hydrogen) atoms. The third kappa shape index (κ3) is 4.35. The average molecular weight is 439 g/mol. The van der Waals surface area contributed by atoms with Crippen LogP contribution in [0.15, 0.2) is 66.7 Å². The molecule has 0 saturated carbocycles. The largest absolute Gasteiger partial charge is 0.449 e. The number of nitrogens with one attached hydrogen (secondary N) is 1. The number of benzene rings is 3. The second-order valence-electron chi connectivity index (χ2n) is 7.69. The molecule has 2 unspecified atom stereocenters. The normalized spacial score (nSPS) is 14.4. The van der Waals surface area contributed by atoms with Crippen LogP contribution in [0.25, 0.3) is 11.1 Å². The van der Waals surface area contributed by atoms with E-state index in [4.69, 9.17) is 4.74 Å². The lowest BCUT2D eigenvalue weighted by Gasteiger charge is -2.19. The van der Waals surface area contributed by atoms with Crippen molar-refractivity contribution in [1.82, 2.24) is 5.32 Å².